The monoisotopic (exact) mass is 531 g/mol. The van der Waals surface area contributed by atoms with Crippen molar-refractivity contribution in [2.75, 3.05) is 19.5 Å². The fraction of sp³-hybridized carbons (Fsp3) is 0.280. The third-order valence-corrected chi connectivity index (χ3v) is 7.85. The van der Waals surface area contributed by atoms with Crippen LogP contribution in [-0.2, 0) is 9.47 Å². The molecular formula is C25H26ClN3O4S2. The van der Waals surface area contributed by atoms with E-state index >= 15 is 0 Å². The highest BCUT2D eigenvalue weighted by Gasteiger charge is 2.18. The standard InChI is InChI=1S/C16H13ClN2O2S.C9H13NO2S/c1-8-9(2)22-15-12(8)13(17)18-14(19-15)10-4-6-11(7-5-10)16(20)21-3;1-4-12-9(11)7-5(2)6(3)13-8(7)10/h4-7H,1-3H3;4,10H2,1-3H3. The number of anilines is 1. The number of carbonyl (C=O) groups is 2. The fourth-order valence-corrected chi connectivity index (χ4v) is 5.63. The van der Waals surface area contributed by atoms with Gasteiger partial charge in [-0.15, -0.1) is 22.7 Å². The molecule has 4 aromatic rings. The molecule has 0 bridgehead atoms. The molecule has 0 saturated carbocycles. The van der Waals surface area contributed by atoms with Gasteiger partial charge in [-0.2, -0.15) is 0 Å². The number of rotatable bonds is 4. The number of methoxy groups -OCH3 is 1. The average molecular weight is 532 g/mol. The minimum atomic E-state index is -0.370. The predicted octanol–water partition coefficient (Wildman–Crippen LogP) is 6.54. The summed E-state index contributed by atoms with van der Waals surface area (Å²) in [6, 6.07) is 6.95. The van der Waals surface area contributed by atoms with Crippen LogP contribution >= 0.6 is 34.3 Å². The van der Waals surface area contributed by atoms with Gasteiger partial charge in [0.05, 0.1) is 30.2 Å². The normalized spacial score (nSPS) is 10.6. The summed E-state index contributed by atoms with van der Waals surface area (Å²) in [5.74, 6) is -0.137. The number of hydrogen-bond donors (Lipinski definition) is 1. The van der Waals surface area contributed by atoms with Crippen LogP contribution in [0.3, 0.4) is 0 Å². The molecule has 4 rings (SSSR count). The van der Waals surface area contributed by atoms with Crippen molar-refractivity contribution in [3.63, 3.8) is 0 Å². The number of aromatic nitrogens is 2. The maximum absolute atomic E-state index is 11.5. The maximum atomic E-state index is 11.5. The van der Waals surface area contributed by atoms with Gasteiger partial charge >= 0.3 is 11.9 Å². The zero-order valence-corrected chi connectivity index (χ0v) is 22.7. The van der Waals surface area contributed by atoms with Gasteiger partial charge in [0.1, 0.15) is 15.0 Å². The molecule has 0 saturated heterocycles. The van der Waals surface area contributed by atoms with Crippen molar-refractivity contribution < 1.29 is 19.1 Å². The van der Waals surface area contributed by atoms with E-state index in [1.165, 1.54) is 23.3 Å². The maximum Gasteiger partial charge on any atom is 0.341 e. The smallest absolute Gasteiger partial charge is 0.341 e. The van der Waals surface area contributed by atoms with Crippen molar-refractivity contribution in [3.05, 3.63) is 61.4 Å². The van der Waals surface area contributed by atoms with E-state index in [1.54, 1.807) is 42.5 Å². The Morgan fingerprint density at radius 2 is 1.60 bits per heavy atom. The minimum Gasteiger partial charge on any atom is -0.465 e. The molecule has 0 unspecified atom stereocenters. The average Bonchev–Trinajstić information content (AvgIpc) is 3.26. The summed E-state index contributed by atoms with van der Waals surface area (Å²) in [6.07, 6.45) is 0. The number of nitrogens with zero attached hydrogens (tertiary/aromatic N) is 2. The van der Waals surface area contributed by atoms with Crippen LogP contribution < -0.4 is 5.73 Å². The highest BCUT2D eigenvalue weighted by Crippen LogP contribution is 2.34. The second kappa shape index (κ2) is 11.2. The van der Waals surface area contributed by atoms with Crippen LogP contribution in [0.15, 0.2) is 24.3 Å². The van der Waals surface area contributed by atoms with E-state index in [0.29, 0.717) is 33.7 Å². The van der Waals surface area contributed by atoms with Crippen molar-refractivity contribution in [3.8, 4) is 11.4 Å². The number of hydrogen-bond acceptors (Lipinski definition) is 9. The quantitative estimate of drug-likeness (QED) is 0.235. The number of esters is 2. The molecule has 0 aliphatic rings. The van der Waals surface area contributed by atoms with E-state index in [-0.39, 0.29) is 11.9 Å². The first kappa shape index (κ1) is 26.6. The SMILES string of the molecule is CCOC(=O)c1c(N)sc(C)c1C.COC(=O)c1ccc(-c2nc(Cl)c3c(C)c(C)sc3n2)cc1. The first-order valence-electron chi connectivity index (χ1n) is 10.7. The highest BCUT2D eigenvalue weighted by atomic mass is 35.5. The van der Waals surface area contributed by atoms with Gasteiger partial charge in [-0.05, 0) is 57.9 Å². The number of nitrogen functional groups attached to an aromatic ring is 1. The van der Waals surface area contributed by atoms with Crippen LogP contribution in [0.4, 0.5) is 5.00 Å². The summed E-state index contributed by atoms with van der Waals surface area (Å²) >= 11 is 9.35. The zero-order chi connectivity index (χ0) is 25.9. The van der Waals surface area contributed by atoms with Crippen molar-refractivity contribution >= 4 is 61.4 Å². The lowest BCUT2D eigenvalue weighted by molar-refractivity contribution is 0.0526. The predicted molar refractivity (Wildman–Crippen MR) is 143 cm³/mol. The van der Waals surface area contributed by atoms with E-state index in [2.05, 4.69) is 14.7 Å². The van der Waals surface area contributed by atoms with Crippen molar-refractivity contribution in [1.29, 1.82) is 0 Å². The molecule has 184 valence electrons. The van der Waals surface area contributed by atoms with E-state index in [1.807, 2.05) is 27.7 Å². The molecule has 0 spiro atoms. The van der Waals surface area contributed by atoms with Crippen molar-refractivity contribution in [2.45, 2.75) is 34.6 Å². The van der Waals surface area contributed by atoms with Gasteiger partial charge in [-0.1, -0.05) is 23.7 Å². The lowest BCUT2D eigenvalue weighted by Crippen LogP contribution is -2.07. The highest BCUT2D eigenvalue weighted by molar-refractivity contribution is 7.18. The number of thiophene rings is 2. The Hall–Kier alpha value is -3.01. The molecule has 0 atom stereocenters. The van der Waals surface area contributed by atoms with E-state index < -0.39 is 0 Å². The Morgan fingerprint density at radius 3 is 2.14 bits per heavy atom. The number of fused-ring (bicyclic) bond motifs is 1. The second-order valence-corrected chi connectivity index (χ2v) is 10.4. The van der Waals surface area contributed by atoms with Gasteiger partial charge < -0.3 is 15.2 Å². The number of halogens is 1. The summed E-state index contributed by atoms with van der Waals surface area (Å²) < 4.78 is 9.58. The number of benzene rings is 1. The topological polar surface area (TPSA) is 104 Å². The Morgan fingerprint density at radius 1 is 0.971 bits per heavy atom. The molecular weight excluding hydrogens is 506 g/mol. The van der Waals surface area contributed by atoms with Crippen molar-refractivity contribution in [2.24, 2.45) is 0 Å². The van der Waals surface area contributed by atoms with Crippen LogP contribution in [0.1, 0.15) is 48.5 Å². The number of carbonyl (C=O) groups excluding carboxylic acids is 2. The van der Waals surface area contributed by atoms with Gasteiger partial charge in [0.15, 0.2) is 5.82 Å². The Balaban J connectivity index is 0.000000225. The van der Waals surface area contributed by atoms with Gasteiger partial charge in [0.25, 0.3) is 0 Å². The van der Waals surface area contributed by atoms with E-state index in [0.717, 1.165) is 31.8 Å². The second-order valence-electron chi connectivity index (χ2n) is 7.61. The Labute approximate surface area is 216 Å². The Kier molecular flexibility index (Phi) is 8.47. The van der Waals surface area contributed by atoms with Crippen LogP contribution in [0.25, 0.3) is 21.6 Å². The third kappa shape index (κ3) is 5.63. The molecule has 0 fully saturated rings. The summed E-state index contributed by atoms with van der Waals surface area (Å²) in [4.78, 5) is 35.0. The number of nitrogens with two attached hydrogens (primary N) is 1. The molecule has 35 heavy (non-hydrogen) atoms. The molecule has 0 aliphatic carbocycles. The zero-order valence-electron chi connectivity index (χ0n) is 20.3. The van der Waals surface area contributed by atoms with Crippen LogP contribution in [0.5, 0.6) is 0 Å². The minimum absolute atomic E-state index is 0.318. The molecule has 3 aromatic heterocycles. The van der Waals surface area contributed by atoms with Crippen molar-refractivity contribution in [1.82, 2.24) is 9.97 Å². The molecule has 10 heteroatoms. The molecule has 0 aliphatic heterocycles. The van der Waals surface area contributed by atoms with Gasteiger partial charge in [-0.25, -0.2) is 19.6 Å². The summed E-state index contributed by atoms with van der Waals surface area (Å²) in [7, 11) is 1.36. The molecule has 3 heterocycles. The molecule has 7 nitrogen and oxygen atoms in total. The summed E-state index contributed by atoms with van der Waals surface area (Å²) in [5, 5.41) is 1.92. The lowest BCUT2D eigenvalue weighted by atomic mass is 10.1. The molecule has 0 amide bonds. The first-order valence-corrected chi connectivity index (χ1v) is 12.7. The Bertz CT molecular complexity index is 1390. The van der Waals surface area contributed by atoms with E-state index in [9.17, 15) is 9.59 Å². The van der Waals surface area contributed by atoms with Crippen LogP contribution in [-0.4, -0.2) is 35.6 Å². The number of ether oxygens (including phenoxy) is 2. The van der Waals surface area contributed by atoms with Gasteiger partial charge in [0, 0.05) is 15.3 Å². The third-order valence-electron chi connectivity index (χ3n) is 5.44. The summed E-state index contributed by atoms with van der Waals surface area (Å²) in [5.41, 5.74) is 9.57. The fourth-order valence-electron chi connectivity index (χ4n) is 3.31. The van der Waals surface area contributed by atoms with Gasteiger partial charge in [0.2, 0.25) is 0 Å². The van der Waals surface area contributed by atoms with Crippen LogP contribution in [0.2, 0.25) is 5.15 Å². The molecule has 0 radical (unpaired) electrons. The van der Waals surface area contributed by atoms with E-state index in [4.69, 9.17) is 22.1 Å². The van der Waals surface area contributed by atoms with Crippen LogP contribution in [0, 0.1) is 27.7 Å². The van der Waals surface area contributed by atoms with Gasteiger partial charge in [-0.3, -0.25) is 0 Å². The molecule has 2 N–H and O–H groups in total. The molecule has 1 aromatic carbocycles. The number of aryl methyl sites for hydroxylation is 3. The largest absolute Gasteiger partial charge is 0.465 e. The first-order chi connectivity index (χ1) is 16.6. The lowest BCUT2D eigenvalue weighted by Gasteiger charge is -2.04. The summed E-state index contributed by atoms with van der Waals surface area (Å²) in [6.45, 7) is 10.1.